The standard InChI is InChI=1S/C11H17Cl2N5S/c12-8-7-9(13)11(17-14)16-10(8)15-1-2-18-3-5-19-6-4-18/h7H,1-6,14H2,(H2,15,16,17). The van der Waals surface area contributed by atoms with Crippen LogP contribution in [0.25, 0.3) is 0 Å². The van der Waals surface area contributed by atoms with Crippen molar-refractivity contribution in [2.24, 2.45) is 5.84 Å². The minimum Gasteiger partial charge on any atom is -0.367 e. The number of aromatic nitrogens is 1. The topological polar surface area (TPSA) is 66.2 Å². The van der Waals surface area contributed by atoms with Crippen molar-refractivity contribution in [2.45, 2.75) is 0 Å². The molecule has 0 unspecified atom stereocenters. The second-order valence-electron chi connectivity index (χ2n) is 4.17. The molecule has 0 radical (unpaired) electrons. The predicted molar refractivity (Wildman–Crippen MR) is 84.3 cm³/mol. The molecule has 1 aromatic heterocycles. The molecule has 1 aliphatic heterocycles. The first-order valence-corrected chi connectivity index (χ1v) is 7.98. The summed E-state index contributed by atoms with van der Waals surface area (Å²) in [6.45, 7) is 4.06. The Kier molecular flexibility index (Phi) is 5.84. The monoisotopic (exact) mass is 321 g/mol. The summed E-state index contributed by atoms with van der Waals surface area (Å²) in [6.07, 6.45) is 0. The number of hydrazine groups is 1. The van der Waals surface area contributed by atoms with E-state index in [1.165, 1.54) is 11.5 Å². The molecule has 106 valence electrons. The molecular formula is C11H17Cl2N5S. The van der Waals surface area contributed by atoms with E-state index in [0.717, 1.165) is 26.2 Å². The van der Waals surface area contributed by atoms with Crippen molar-refractivity contribution in [2.75, 3.05) is 48.4 Å². The van der Waals surface area contributed by atoms with Crippen LogP contribution in [0.4, 0.5) is 11.6 Å². The molecule has 5 nitrogen and oxygen atoms in total. The lowest BCUT2D eigenvalue weighted by molar-refractivity contribution is 0.314. The largest absolute Gasteiger partial charge is 0.367 e. The first-order valence-electron chi connectivity index (χ1n) is 6.07. The van der Waals surface area contributed by atoms with Crippen LogP contribution in [0.15, 0.2) is 6.07 Å². The van der Waals surface area contributed by atoms with Gasteiger partial charge in [-0.05, 0) is 6.07 Å². The summed E-state index contributed by atoms with van der Waals surface area (Å²) in [5.74, 6) is 8.78. The highest BCUT2D eigenvalue weighted by atomic mass is 35.5. The van der Waals surface area contributed by atoms with Gasteiger partial charge in [-0.25, -0.2) is 10.8 Å². The molecule has 1 aliphatic rings. The quantitative estimate of drug-likeness (QED) is 0.570. The Hall–Kier alpha value is -0.400. The van der Waals surface area contributed by atoms with Crippen LogP contribution in [0.2, 0.25) is 10.0 Å². The number of rotatable bonds is 5. The van der Waals surface area contributed by atoms with Crippen molar-refractivity contribution < 1.29 is 0 Å². The van der Waals surface area contributed by atoms with Crippen LogP contribution < -0.4 is 16.6 Å². The smallest absolute Gasteiger partial charge is 0.161 e. The normalized spacial score (nSPS) is 16.4. The molecule has 1 aromatic rings. The Bertz CT molecular complexity index is 426. The van der Waals surface area contributed by atoms with Crippen LogP contribution in [-0.2, 0) is 0 Å². The Labute approximate surface area is 127 Å². The highest BCUT2D eigenvalue weighted by molar-refractivity contribution is 7.99. The minimum absolute atomic E-state index is 0.408. The number of nitrogens with zero attached hydrogens (tertiary/aromatic N) is 2. The molecule has 2 rings (SSSR count). The highest BCUT2D eigenvalue weighted by Gasteiger charge is 2.11. The van der Waals surface area contributed by atoms with E-state index in [2.05, 4.69) is 20.6 Å². The summed E-state index contributed by atoms with van der Waals surface area (Å²) in [4.78, 5) is 6.67. The summed E-state index contributed by atoms with van der Waals surface area (Å²) in [7, 11) is 0. The molecule has 4 N–H and O–H groups in total. The zero-order valence-corrected chi connectivity index (χ0v) is 12.8. The molecule has 2 heterocycles. The average molecular weight is 322 g/mol. The molecule has 0 amide bonds. The lowest BCUT2D eigenvalue weighted by Crippen LogP contribution is -2.36. The predicted octanol–water partition coefficient (Wildman–Crippen LogP) is 2.13. The zero-order valence-electron chi connectivity index (χ0n) is 10.5. The van der Waals surface area contributed by atoms with E-state index in [0.29, 0.717) is 21.7 Å². The number of nitrogens with one attached hydrogen (secondary N) is 2. The third kappa shape index (κ3) is 4.29. The Morgan fingerprint density at radius 1 is 1.26 bits per heavy atom. The first-order chi connectivity index (χ1) is 9.20. The highest BCUT2D eigenvalue weighted by Crippen LogP contribution is 2.28. The van der Waals surface area contributed by atoms with Gasteiger partial charge in [-0.3, -0.25) is 4.90 Å². The Morgan fingerprint density at radius 2 is 1.95 bits per heavy atom. The van der Waals surface area contributed by atoms with E-state index in [1.807, 2.05) is 11.8 Å². The SMILES string of the molecule is NNc1nc(NCCN2CCSCC2)c(Cl)cc1Cl. The van der Waals surface area contributed by atoms with E-state index in [9.17, 15) is 0 Å². The lowest BCUT2D eigenvalue weighted by atomic mass is 10.4. The Morgan fingerprint density at radius 3 is 2.63 bits per heavy atom. The fourth-order valence-corrected chi connectivity index (χ4v) is 3.31. The van der Waals surface area contributed by atoms with Crippen molar-refractivity contribution >= 4 is 46.6 Å². The van der Waals surface area contributed by atoms with Gasteiger partial charge in [0.1, 0.15) is 5.82 Å². The van der Waals surface area contributed by atoms with Crippen molar-refractivity contribution in [1.29, 1.82) is 0 Å². The summed E-state index contributed by atoms with van der Waals surface area (Å²) >= 11 is 14.0. The molecule has 0 aliphatic carbocycles. The number of pyridine rings is 1. The molecule has 1 fully saturated rings. The molecule has 8 heteroatoms. The minimum atomic E-state index is 0.408. The second kappa shape index (κ2) is 7.40. The van der Waals surface area contributed by atoms with E-state index >= 15 is 0 Å². The van der Waals surface area contributed by atoms with Gasteiger partial charge in [0.25, 0.3) is 0 Å². The Balaban J connectivity index is 1.88. The van der Waals surface area contributed by atoms with Crippen molar-refractivity contribution in [3.8, 4) is 0 Å². The molecule has 1 saturated heterocycles. The molecule has 0 spiro atoms. The number of nitrogens with two attached hydrogens (primary N) is 1. The first kappa shape index (κ1) is 15.0. The van der Waals surface area contributed by atoms with Crippen molar-refractivity contribution in [1.82, 2.24) is 9.88 Å². The molecular weight excluding hydrogens is 305 g/mol. The summed E-state index contributed by atoms with van der Waals surface area (Å²) in [5, 5.41) is 4.12. The van der Waals surface area contributed by atoms with Crippen LogP contribution in [0, 0.1) is 0 Å². The number of halogens is 2. The number of hydrogen-bond donors (Lipinski definition) is 3. The average Bonchev–Trinajstić information content (AvgIpc) is 2.42. The van der Waals surface area contributed by atoms with Crippen LogP contribution in [0.1, 0.15) is 0 Å². The maximum absolute atomic E-state index is 6.09. The third-order valence-corrected chi connectivity index (χ3v) is 4.41. The van der Waals surface area contributed by atoms with Crippen molar-refractivity contribution in [3.63, 3.8) is 0 Å². The van der Waals surface area contributed by atoms with Crippen molar-refractivity contribution in [3.05, 3.63) is 16.1 Å². The van der Waals surface area contributed by atoms with Gasteiger partial charge in [-0.15, -0.1) is 0 Å². The van der Waals surface area contributed by atoms with Gasteiger partial charge < -0.3 is 10.7 Å². The van der Waals surface area contributed by atoms with Gasteiger partial charge in [-0.2, -0.15) is 11.8 Å². The van der Waals surface area contributed by atoms with Crippen LogP contribution in [0.3, 0.4) is 0 Å². The summed E-state index contributed by atoms with van der Waals surface area (Å²) < 4.78 is 0. The molecule has 0 atom stereocenters. The number of nitrogen functional groups attached to an aromatic ring is 1. The molecule has 0 bridgehead atoms. The zero-order chi connectivity index (χ0) is 13.7. The number of hydrogen-bond acceptors (Lipinski definition) is 6. The van der Waals surface area contributed by atoms with Crippen LogP contribution in [0.5, 0.6) is 0 Å². The van der Waals surface area contributed by atoms with E-state index in [4.69, 9.17) is 29.0 Å². The van der Waals surface area contributed by atoms with E-state index in [-0.39, 0.29) is 0 Å². The summed E-state index contributed by atoms with van der Waals surface area (Å²) in [6, 6.07) is 1.63. The van der Waals surface area contributed by atoms with Gasteiger partial charge in [0.15, 0.2) is 5.82 Å². The second-order valence-corrected chi connectivity index (χ2v) is 6.21. The molecule has 0 aromatic carbocycles. The van der Waals surface area contributed by atoms with Gasteiger partial charge in [-0.1, -0.05) is 23.2 Å². The van der Waals surface area contributed by atoms with Gasteiger partial charge in [0, 0.05) is 37.7 Å². The number of anilines is 2. The van der Waals surface area contributed by atoms with Gasteiger partial charge in [0.2, 0.25) is 0 Å². The third-order valence-electron chi connectivity index (χ3n) is 2.89. The fourth-order valence-electron chi connectivity index (χ4n) is 1.85. The fraction of sp³-hybridized carbons (Fsp3) is 0.545. The van der Waals surface area contributed by atoms with Crippen LogP contribution in [-0.4, -0.2) is 47.6 Å². The lowest BCUT2D eigenvalue weighted by Gasteiger charge is -2.26. The maximum atomic E-state index is 6.09. The summed E-state index contributed by atoms with van der Waals surface area (Å²) in [5.41, 5.74) is 2.45. The van der Waals surface area contributed by atoms with Gasteiger partial charge in [0.05, 0.1) is 10.0 Å². The molecule has 19 heavy (non-hydrogen) atoms. The number of thioether (sulfide) groups is 1. The van der Waals surface area contributed by atoms with E-state index in [1.54, 1.807) is 6.07 Å². The molecule has 0 saturated carbocycles. The van der Waals surface area contributed by atoms with Crippen LogP contribution >= 0.6 is 35.0 Å². The maximum Gasteiger partial charge on any atom is 0.161 e. The van der Waals surface area contributed by atoms with E-state index < -0.39 is 0 Å². The van der Waals surface area contributed by atoms with Gasteiger partial charge >= 0.3 is 0 Å².